The van der Waals surface area contributed by atoms with Crippen molar-refractivity contribution in [2.24, 2.45) is 5.92 Å². The van der Waals surface area contributed by atoms with Crippen LogP contribution < -0.4 is 10.2 Å². The molecule has 1 aromatic carbocycles. The van der Waals surface area contributed by atoms with Gasteiger partial charge in [-0.15, -0.1) is 0 Å². The van der Waals surface area contributed by atoms with Crippen LogP contribution in [0.3, 0.4) is 0 Å². The highest BCUT2D eigenvalue weighted by Gasteiger charge is 2.17. The van der Waals surface area contributed by atoms with Crippen molar-refractivity contribution in [1.82, 2.24) is 15.0 Å². The second kappa shape index (κ2) is 8.16. The van der Waals surface area contributed by atoms with Gasteiger partial charge in [-0.2, -0.15) is 0 Å². The fourth-order valence-electron chi connectivity index (χ4n) is 3.56. The molecule has 0 amide bonds. The molecule has 2 aromatic heterocycles. The first kappa shape index (κ1) is 17.5. The highest BCUT2D eigenvalue weighted by Crippen LogP contribution is 2.23. The Labute approximate surface area is 160 Å². The number of benzene rings is 1. The number of piperidine rings is 1. The first-order valence-electron chi connectivity index (χ1n) is 9.58. The van der Waals surface area contributed by atoms with Crippen molar-refractivity contribution in [3.63, 3.8) is 0 Å². The van der Waals surface area contributed by atoms with E-state index in [1.54, 1.807) is 12.5 Å². The zero-order chi connectivity index (χ0) is 18.5. The van der Waals surface area contributed by atoms with E-state index in [2.05, 4.69) is 68.5 Å². The maximum absolute atomic E-state index is 4.47. The summed E-state index contributed by atoms with van der Waals surface area (Å²) in [4.78, 5) is 15.4. The summed E-state index contributed by atoms with van der Waals surface area (Å²) in [7, 11) is 0. The van der Waals surface area contributed by atoms with E-state index in [9.17, 15) is 0 Å². The molecule has 1 fully saturated rings. The maximum atomic E-state index is 4.47. The molecule has 1 aliphatic rings. The minimum atomic E-state index is 0.725. The molecule has 1 atom stereocenters. The van der Waals surface area contributed by atoms with Crippen molar-refractivity contribution in [1.29, 1.82) is 0 Å². The molecule has 1 saturated heterocycles. The molecule has 27 heavy (non-hydrogen) atoms. The summed E-state index contributed by atoms with van der Waals surface area (Å²) in [6.45, 7) is 5.20. The summed E-state index contributed by atoms with van der Waals surface area (Å²) in [5.74, 6) is 2.61. The van der Waals surface area contributed by atoms with Crippen LogP contribution in [0.1, 0.15) is 25.3 Å². The van der Waals surface area contributed by atoms with Gasteiger partial charge in [0.15, 0.2) is 0 Å². The lowest BCUT2D eigenvalue weighted by Gasteiger charge is -2.31. The van der Waals surface area contributed by atoms with Gasteiger partial charge in [-0.3, -0.25) is 4.98 Å². The van der Waals surface area contributed by atoms with Crippen molar-refractivity contribution in [3.8, 4) is 11.1 Å². The number of nitrogens with zero attached hydrogens (tertiary/aromatic N) is 4. The zero-order valence-corrected chi connectivity index (χ0v) is 15.7. The summed E-state index contributed by atoms with van der Waals surface area (Å²) < 4.78 is 0. The molecule has 0 aliphatic carbocycles. The van der Waals surface area contributed by atoms with Gasteiger partial charge in [0.25, 0.3) is 0 Å². The molecule has 0 saturated carbocycles. The lowest BCUT2D eigenvalue weighted by Crippen LogP contribution is -2.34. The second-order valence-electron chi connectivity index (χ2n) is 7.25. The Hall–Kier alpha value is -2.95. The SMILES string of the molecule is CC1CCCN(c2cc(NCc3ccc(-c4cccnc4)cc3)ncn2)C1. The molecule has 5 heteroatoms. The lowest BCUT2D eigenvalue weighted by atomic mass is 10.0. The molecular weight excluding hydrogens is 334 g/mol. The number of anilines is 2. The van der Waals surface area contributed by atoms with E-state index in [1.807, 2.05) is 12.3 Å². The molecular formula is C22H25N5. The van der Waals surface area contributed by atoms with Crippen LogP contribution in [0, 0.1) is 5.92 Å². The van der Waals surface area contributed by atoms with Gasteiger partial charge in [0.05, 0.1) is 0 Å². The van der Waals surface area contributed by atoms with Crippen molar-refractivity contribution >= 4 is 11.6 Å². The highest BCUT2D eigenvalue weighted by atomic mass is 15.2. The van der Waals surface area contributed by atoms with Gasteiger partial charge < -0.3 is 10.2 Å². The first-order chi connectivity index (χ1) is 13.3. The van der Waals surface area contributed by atoms with E-state index in [4.69, 9.17) is 0 Å². The average Bonchev–Trinajstić information content (AvgIpc) is 2.73. The smallest absolute Gasteiger partial charge is 0.134 e. The third-order valence-corrected chi connectivity index (χ3v) is 5.06. The van der Waals surface area contributed by atoms with E-state index in [-0.39, 0.29) is 0 Å². The molecule has 0 spiro atoms. The molecule has 0 bridgehead atoms. The van der Waals surface area contributed by atoms with Crippen LogP contribution in [-0.2, 0) is 6.54 Å². The highest BCUT2D eigenvalue weighted by molar-refractivity contribution is 5.62. The van der Waals surface area contributed by atoms with Crippen LogP contribution in [0.4, 0.5) is 11.6 Å². The summed E-state index contributed by atoms with van der Waals surface area (Å²) in [6.07, 6.45) is 7.88. The van der Waals surface area contributed by atoms with Gasteiger partial charge in [-0.05, 0) is 41.5 Å². The zero-order valence-electron chi connectivity index (χ0n) is 15.7. The van der Waals surface area contributed by atoms with E-state index in [1.165, 1.54) is 24.0 Å². The molecule has 0 radical (unpaired) electrons. The molecule has 5 nitrogen and oxygen atoms in total. The topological polar surface area (TPSA) is 53.9 Å². The summed E-state index contributed by atoms with van der Waals surface area (Å²) in [5.41, 5.74) is 3.53. The number of nitrogens with one attached hydrogen (secondary N) is 1. The first-order valence-corrected chi connectivity index (χ1v) is 9.58. The Morgan fingerprint density at radius 2 is 2.00 bits per heavy atom. The Kier molecular flexibility index (Phi) is 5.28. The van der Waals surface area contributed by atoms with E-state index >= 15 is 0 Å². The number of hydrogen-bond donors (Lipinski definition) is 1. The van der Waals surface area contributed by atoms with Crippen LogP contribution >= 0.6 is 0 Å². The molecule has 138 valence electrons. The largest absolute Gasteiger partial charge is 0.366 e. The van der Waals surface area contributed by atoms with Gasteiger partial charge in [-0.1, -0.05) is 37.3 Å². The maximum Gasteiger partial charge on any atom is 0.134 e. The van der Waals surface area contributed by atoms with Crippen LogP contribution in [0.5, 0.6) is 0 Å². The standard InChI is InChI=1S/C22H25N5/c1-17-4-3-11-27(15-17)22-12-21(25-16-26-22)24-13-18-6-8-19(9-7-18)20-5-2-10-23-14-20/h2,5-10,12,14,16-17H,3-4,11,13,15H2,1H3,(H,24,25,26). The number of pyridine rings is 1. The van der Waals surface area contributed by atoms with Gasteiger partial charge >= 0.3 is 0 Å². The van der Waals surface area contributed by atoms with Gasteiger partial charge in [-0.25, -0.2) is 9.97 Å². The second-order valence-corrected chi connectivity index (χ2v) is 7.25. The number of hydrogen-bond acceptors (Lipinski definition) is 5. The minimum absolute atomic E-state index is 0.725. The predicted molar refractivity (Wildman–Crippen MR) is 110 cm³/mol. The Morgan fingerprint density at radius 3 is 2.78 bits per heavy atom. The third-order valence-electron chi connectivity index (χ3n) is 5.06. The van der Waals surface area contributed by atoms with Gasteiger partial charge in [0.2, 0.25) is 0 Å². The summed E-state index contributed by atoms with van der Waals surface area (Å²) in [5, 5.41) is 3.42. The van der Waals surface area contributed by atoms with Crippen LogP contribution in [0.2, 0.25) is 0 Å². The van der Waals surface area contributed by atoms with Crippen molar-refractivity contribution < 1.29 is 0 Å². The van der Waals surface area contributed by atoms with E-state index in [0.29, 0.717) is 0 Å². The fraction of sp³-hybridized carbons (Fsp3) is 0.318. The number of rotatable bonds is 5. The molecule has 4 rings (SSSR count). The van der Waals surface area contributed by atoms with Crippen molar-refractivity contribution in [2.45, 2.75) is 26.3 Å². The molecule has 3 aromatic rings. The monoisotopic (exact) mass is 359 g/mol. The Morgan fingerprint density at radius 1 is 1.11 bits per heavy atom. The predicted octanol–water partition coefficient (Wildman–Crippen LogP) is 4.39. The summed E-state index contributed by atoms with van der Waals surface area (Å²) in [6, 6.07) is 14.6. The van der Waals surface area contributed by atoms with Crippen molar-refractivity contribution in [3.05, 3.63) is 66.7 Å². The lowest BCUT2D eigenvalue weighted by molar-refractivity contribution is 0.444. The Bertz CT molecular complexity index is 863. The normalized spacial score (nSPS) is 16.9. The van der Waals surface area contributed by atoms with Crippen LogP contribution in [-0.4, -0.2) is 28.0 Å². The fourth-order valence-corrected chi connectivity index (χ4v) is 3.56. The van der Waals surface area contributed by atoms with E-state index < -0.39 is 0 Å². The van der Waals surface area contributed by atoms with E-state index in [0.717, 1.165) is 42.8 Å². The molecule has 1 N–H and O–H groups in total. The molecule has 1 unspecified atom stereocenters. The molecule has 3 heterocycles. The van der Waals surface area contributed by atoms with Gasteiger partial charge in [0, 0.05) is 38.1 Å². The molecule has 1 aliphatic heterocycles. The number of aromatic nitrogens is 3. The third kappa shape index (κ3) is 4.42. The van der Waals surface area contributed by atoms with Crippen LogP contribution in [0.25, 0.3) is 11.1 Å². The quantitative estimate of drug-likeness (QED) is 0.732. The average molecular weight is 359 g/mol. The van der Waals surface area contributed by atoms with Gasteiger partial charge in [0.1, 0.15) is 18.0 Å². The van der Waals surface area contributed by atoms with Crippen molar-refractivity contribution in [2.75, 3.05) is 23.3 Å². The summed E-state index contributed by atoms with van der Waals surface area (Å²) >= 11 is 0. The van der Waals surface area contributed by atoms with Crippen LogP contribution in [0.15, 0.2) is 61.2 Å². The minimum Gasteiger partial charge on any atom is -0.366 e. The Balaban J connectivity index is 1.39.